The van der Waals surface area contributed by atoms with Gasteiger partial charge in [0.2, 0.25) is 11.9 Å². The van der Waals surface area contributed by atoms with Crippen LogP contribution in [0.5, 0.6) is 5.75 Å². The molecular weight excluding hydrogens is 278 g/mol. The van der Waals surface area contributed by atoms with Gasteiger partial charge in [-0.15, -0.1) is 0 Å². The van der Waals surface area contributed by atoms with E-state index >= 15 is 0 Å². The molecule has 112 valence electrons. The van der Waals surface area contributed by atoms with Crippen molar-refractivity contribution in [2.45, 2.75) is 12.8 Å². The fourth-order valence-corrected chi connectivity index (χ4v) is 2.16. The Morgan fingerprint density at radius 1 is 1.14 bits per heavy atom. The number of hydrogen-bond donors (Lipinski definition) is 1. The largest absolute Gasteiger partial charge is 0.494 e. The molecule has 1 amide bonds. The number of nitrogens with one attached hydrogen (secondary N) is 1. The van der Waals surface area contributed by atoms with Gasteiger partial charge in [0, 0.05) is 12.6 Å². The van der Waals surface area contributed by atoms with Crippen LogP contribution in [-0.4, -0.2) is 21.9 Å². The molecule has 0 spiro atoms. The normalized spacial score (nSPS) is 10.5. The molecule has 1 N–H and O–H groups in total. The summed E-state index contributed by atoms with van der Waals surface area (Å²) in [5.41, 5.74) is 0.949. The van der Waals surface area contributed by atoms with E-state index in [9.17, 15) is 4.79 Å². The number of amides is 1. The van der Waals surface area contributed by atoms with Crippen molar-refractivity contribution in [3.63, 3.8) is 0 Å². The standard InChI is InChI=1S/C17H17N3O2/c21-16(10-6-12-22-15-8-2-1-3-9-15)19-17-18-13-14-7-4-5-11-20(14)17/h1-5,7-9,11,13H,6,10,12H2,(H,18,19,21). The van der Waals surface area contributed by atoms with Gasteiger partial charge in [0.15, 0.2) is 0 Å². The van der Waals surface area contributed by atoms with Gasteiger partial charge in [-0.2, -0.15) is 0 Å². The molecule has 0 radical (unpaired) electrons. The van der Waals surface area contributed by atoms with E-state index in [-0.39, 0.29) is 5.91 Å². The Morgan fingerprint density at radius 2 is 1.95 bits per heavy atom. The Labute approximate surface area is 128 Å². The molecule has 0 saturated heterocycles. The van der Waals surface area contributed by atoms with E-state index in [1.165, 1.54) is 0 Å². The lowest BCUT2D eigenvalue weighted by Gasteiger charge is -2.06. The smallest absolute Gasteiger partial charge is 0.226 e. The summed E-state index contributed by atoms with van der Waals surface area (Å²) in [6.45, 7) is 0.514. The number of carbonyl (C=O) groups excluding carboxylic acids is 1. The SMILES string of the molecule is O=C(CCCOc1ccccc1)Nc1ncc2ccccn12. The number of para-hydroxylation sites is 1. The summed E-state index contributed by atoms with van der Waals surface area (Å²) < 4.78 is 7.41. The molecule has 1 aromatic carbocycles. The van der Waals surface area contributed by atoms with Crippen molar-refractivity contribution in [1.82, 2.24) is 9.38 Å². The van der Waals surface area contributed by atoms with E-state index in [1.54, 1.807) is 6.20 Å². The van der Waals surface area contributed by atoms with Crippen molar-refractivity contribution >= 4 is 17.4 Å². The van der Waals surface area contributed by atoms with Crippen molar-refractivity contribution in [2.75, 3.05) is 11.9 Å². The van der Waals surface area contributed by atoms with Crippen LogP contribution >= 0.6 is 0 Å². The fourth-order valence-electron chi connectivity index (χ4n) is 2.16. The van der Waals surface area contributed by atoms with Gasteiger partial charge < -0.3 is 4.74 Å². The van der Waals surface area contributed by atoms with E-state index < -0.39 is 0 Å². The third kappa shape index (κ3) is 3.44. The first-order valence-electron chi connectivity index (χ1n) is 7.23. The summed E-state index contributed by atoms with van der Waals surface area (Å²) in [6, 6.07) is 15.4. The van der Waals surface area contributed by atoms with Gasteiger partial charge in [-0.25, -0.2) is 4.98 Å². The second-order valence-electron chi connectivity index (χ2n) is 4.89. The zero-order valence-electron chi connectivity index (χ0n) is 12.1. The number of imidazole rings is 1. The number of hydrogen-bond acceptors (Lipinski definition) is 3. The van der Waals surface area contributed by atoms with Crippen molar-refractivity contribution in [3.05, 3.63) is 60.9 Å². The molecule has 3 rings (SSSR count). The summed E-state index contributed by atoms with van der Waals surface area (Å²) in [5.74, 6) is 1.31. The number of anilines is 1. The summed E-state index contributed by atoms with van der Waals surface area (Å²) in [5, 5.41) is 2.82. The quantitative estimate of drug-likeness (QED) is 0.711. The van der Waals surface area contributed by atoms with Crippen LogP contribution in [0.25, 0.3) is 5.52 Å². The summed E-state index contributed by atoms with van der Waals surface area (Å²) in [7, 11) is 0. The molecule has 2 aromatic heterocycles. The molecule has 5 heteroatoms. The average molecular weight is 295 g/mol. The maximum atomic E-state index is 11.9. The number of benzene rings is 1. The number of aromatic nitrogens is 2. The Hall–Kier alpha value is -2.82. The minimum absolute atomic E-state index is 0.0620. The molecule has 0 atom stereocenters. The van der Waals surface area contributed by atoms with Gasteiger partial charge in [0.05, 0.1) is 18.3 Å². The van der Waals surface area contributed by atoms with Gasteiger partial charge in [-0.1, -0.05) is 24.3 Å². The Kier molecular flexibility index (Phi) is 4.34. The summed E-state index contributed by atoms with van der Waals surface area (Å²) in [6.07, 6.45) is 4.66. The third-order valence-corrected chi connectivity index (χ3v) is 3.25. The zero-order valence-corrected chi connectivity index (χ0v) is 12.1. The number of pyridine rings is 1. The predicted molar refractivity (Wildman–Crippen MR) is 85.0 cm³/mol. The lowest BCUT2D eigenvalue weighted by molar-refractivity contribution is -0.116. The topological polar surface area (TPSA) is 55.6 Å². The van der Waals surface area contributed by atoms with Crippen LogP contribution in [0.15, 0.2) is 60.9 Å². The second-order valence-corrected chi connectivity index (χ2v) is 4.89. The van der Waals surface area contributed by atoms with Crippen LogP contribution in [0.3, 0.4) is 0 Å². The van der Waals surface area contributed by atoms with E-state index in [2.05, 4.69) is 10.3 Å². The van der Waals surface area contributed by atoms with E-state index in [0.29, 0.717) is 25.4 Å². The average Bonchev–Trinajstić information content (AvgIpc) is 2.96. The number of carbonyl (C=O) groups is 1. The molecular formula is C17H17N3O2. The molecule has 0 aliphatic carbocycles. The van der Waals surface area contributed by atoms with E-state index in [1.807, 2.05) is 59.1 Å². The van der Waals surface area contributed by atoms with Crippen molar-refractivity contribution in [1.29, 1.82) is 0 Å². The van der Waals surface area contributed by atoms with Gasteiger partial charge in [-0.3, -0.25) is 14.5 Å². The Balaban J connectivity index is 1.47. The minimum Gasteiger partial charge on any atom is -0.494 e. The maximum Gasteiger partial charge on any atom is 0.226 e. The highest BCUT2D eigenvalue weighted by Gasteiger charge is 2.07. The van der Waals surface area contributed by atoms with Gasteiger partial charge in [0.1, 0.15) is 5.75 Å². The van der Waals surface area contributed by atoms with Crippen LogP contribution in [-0.2, 0) is 4.79 Å². The van der Waals surface area contributed by atoms with E-state index in [4.69, 9.17) is 4.74 Å². The van der Waals surface area contributed by atoms with Gasteiger partial charge in [0.25, 0.3) is 0 Å². The number of rotatable bonds is 6. The molecule has 0 aliphatic heterocycles. The zero-order chi connectivity index (χ0) is 15.2. The minimum atomic E-state index is -0.0620. The highest BCUT2D eigenvalue weighted by Crippen LogP contribution is 2.11. The number of ether oxygens (including phenoxy) is 1. The lowest BCUT2D eigenvalue weighted by Crippen LogP contribution is -2.14. The van der Waals surface area contributed by atoms with Crippen molar-refractivity contribution in [3.8, 4) is 5.75 Å². The fraction of sp³-hybridized carbons (Fsp3) is 0.176. The van der Waals surface area contributed by atoms with Crippen LogP contribution in [0.1, 0.15) is 12.8 Å². The summed E-state index contributed by atoms with van der Waals surface area (Å²) in [4.78, 5) is 16.2. The second kappa shape index (κ2) is 6.76. The van der Waals surface area contributed by atoms with Crippen LogP contribution in [0, 0.1) is 0 Å². The number of nitrogens with zero attached hydrogens (tertiary/aromatic N) is 2. The first-order valence-corrected chi connectivity index (χ1v) is 7.23. The van der Waals surface area contributed by atoms with Crippen LogP contribution < -0.4 is 10.1 Å². The van der Waals surface area contributed by atoms with E-state index in [0.717, 1.165) is 11.3 Å². The number of fused-ring (bicyclic) bond motifs is 1. The van der Waals surface area contributed by atoms with Crippen LogP contribution in [0.2, 0.25) is 0 Å². The molecule has 0 unspecified atom stereocenters. The molecule has 22 heavy (non-hydrogen) atoms. The molecule has 0 fully saturated rings. The monoisotopic (exact) mass is 295 g/mol. The molecule has 0 bridgehead atoms. The molecule has 3 aromatic rings. The van der Waals surface area contributed by atoms with Crippen LogP contribution in [0.4, 0.5) is 5.95 Å². The highest BCUT2D eigenvalue weighted by molar-refractivity contribution is 5.89. The van der Waals surface area contributed by atoms with Gasteiger partial charge in [-0.05, 0) is 30.7 Å². The molecule has 0 aliphatic rings. The molecule has 0 saturated carbocycles. The summed E-state index contributed by atoms with van der Waals surface area (Å²) >= 11 is 0. The predicted octanol–water partition coefficient (Wildman–Crippen LogP) is 3.13. The first-order chi connectivity index (χ1) is 10.8. The first kappa shape index (κ1) is 14.1. The highest BCUT2D eigenvalue weighted by atomic mass is 16.5. The molecule has 5 nitrogen and oxygen atoms in total. The Morgan fingerprint density at radius 3 is 2.82 bits per heavy atom. The van der Waals surface area contributed by atoms with Gasteiger partial charge >= 0.3 is 0 Å². The molecule has 2 heterocycles. The maximum absolute atomic E-state index is 11.9. The lowest BCUT2D eigenvalue weighted by atomic mass is 10.3. The van der Waals surface area contributed by atoms with Crippen molar-refractivity contribution < 1.29 is 9.53 Å². The Bertz CT molecular complexity index is 753. The van der Waals surface area contributed by atoms with Crippen molar-refractivity contribution in [2.24, 2.45) is 0 Å². The third-order valence-electron chi connectivity index (χ3n) is 3.25.